The molecule has 128 valence electrons. The van der Waals surface area contributed by atoms with E-state index in [9.17, 15) is 0 Å². The summed E-state index contributed by atoms with van der Waals surface area (Å²) >= 11 is 0. The molecule has 3 aromatic rings. The van der Waals surface area contributed by atoms with E-state index in [-0.39, 0.29) is 6.10 Å². The van der Waals surface area contributed by atoms with Crippen LogP contribution in [0, 0.1) is 0 Å². The number of ether oxygens (including phenoxy) is 1. The lowest BCUT2D eigenvalue weighted by molar-refractivity contribution is 0.0845. The molecule has 0 amide bonds. The summed E-state index contributed by atoms with van der Waals surface area (Å²) in [6.07, 6.45) is 7.20. The summed E-state index contributed by atoms with van der Waals surface area (Å²) in [5, 5.41) is 4.12. The van der Waals surface area contributed by atoms with Crippen LogP contribution in [0.1, 0.15) is 18.6 Å². The van der Waals surface area contributed by atoms with E-state index in [4.69, 9.17) is 9.26 Å². The third-order valence-corrected chi connectivity index (χ3v) is 4.21. The number of piperidine rings is 1. The highest BCUT2D eigenvalue weighted by Gasteiger charge is 2.22. The molecule has 25 heavy (non-hydrogen) atoms. The topological polar surface area (TPSA) is 77.2 Å². The van der Waals surface area contributed by atoms with E-state index >= 15 is 0 Å². The third kappa shape index (κ3) is 4.00. The molecular weight excluding hydrogens is 318 g/mol. The molecule has 1 aliphatic rings. The van der Waals surface area contributed by atoms with Gasteiger partial charge in [-0.15, -0.1) is 0 Å². The van der Waals surface area contributed by atoms with E-state index in [1.165, 1.54) is 0 Å². The van der Waals surface area contributed by atoms with Gasteiger partial charge in [-0.1, -0.05) is 11.2 Å². The first-order chi connectivity index (χ1) is 12.4. The Bertz CT molecular complexity index is 785. The van der Waals surface area contributed by atoms with Crippen LogP contribution in [0.2, 0.25) is 0 Å². The number of nitrogens with zero attached hydrogens (tertiary/aromatic N) is 5. The maximum absolute atomic E-state index is 5.82. The van der Waals surface area contributed by atoms with Crippen molar-refractivity contribution < 1.29 is 9.26 Å². The zero-order valence-electron chi connectivity index (χ0n) is 13.8. The minimum Gasteiger partial charge on any atom is -0.460 e. The van der Waals surface area contributed by atoms with Crippen molar-refractivity contribution in [3.8, 4) is 17.4 Å². The highest BCUT2D eigenvalue weighted by atomic mass is 16.5. The van der Waals surface area contributed by atoms with E-state index in [2.05, 4.69) is 25.0 Å². The van der Waals surface area contributed by atoms with Crippen molar-refractivity contribution in [3.05, 3.63) is 54.7 Å². The molecule has 1 saturated heterocycles. The molecule has 1 fully saturated rings. The smallest absolute Gasteiger partial charge is 0.316 e. The zero-order valence-corrected chi connectivity index (χ0v) is 13.8. The van der Waals surface area contributed by atoms with Gasteiger partial charge in [0.15, 0.2) is 5.76 Å². The molecule has 0 spiro atoms. The monoisotopic (exact) mass is 337 g/mol. The number of hydrogen-bond donors (Lipinski definition) is 0. The second-order valence-corrected chi connectivity index (χ2v) is 6.02. The summed E-state index contributed by atoms with van der Waals surface area (Å²) in [5.74, 6) is 0.853. The average Bonchev–Trinajstić information content (AvgIpc) is 3.14. The van der Waals surface area contributed by atoms with Gasteiger partial charge in [0.05, 0.1) is 12.2 Å². The van der Waals surface area contributed by atoms with Gasteiger partial charge in [0.2, 0.25) is 0 Å². The number of aromatic nitrogens is 4. The van der Waals surface area contributed by atoms with Gasteiger partial charge in [-0.3, -0.25) is 9.88 Å². The molecule has 0 unspecified atom stereocenters. The lowest BCUT2D eigenvalue weighted by Crippen LogP contribution is -2.37. The third-order valence-electron chi connectivity index (χ3n) is 4.21. The van der Waals surface area contributed by atoms with Gasteiger partial charge in [-0.05, 0) is 31.0 Å². The minimum absolute atomic E-state index is 0.164. The maximum atomic E-state index is 5.82. The van der Waals surface area contributed by atoms with Crippen LogP contribution in [0.25, 0.3) is 11.4 Å². The predicted molar refractivity (Wildman–Crippen MR) is 90.7 cm³/mol. The van der Waals surface area contributed by atoms with Gasteiger partial charge in [0.1, 0.15) is 11.8 Å². The quantitative estimate of drug-likeness (QED) is 0.708. The summed E-state index contributed by atoms with van der Waals surface area (Å²) < 4.78 is 11.3. The van der Waals surface area contributed by atoms with Crippen LogP contribution in [-0.4, -0.2) is 44.2 Å². The summed E-state index contributed by atoms with van der Waals surface area (Å²) in [6.45, 7) is 2.63. The second-order valence-electron chi connectivity index (χ2n) is 6.02. The summed E-state index contributed by atoms with van der Waals surface area (Å²) in [6, 6.07) is 9.95. The fourth-order valence-electron chi connectivity index (χ4n) is 2.92. The summed E-state index contributed by atoms with van der Waals surface area (Å²) in [7, 11) is 0. The molecule has 0 radical (unpaired) electrons. The predicted octanol–water partition coefficient (Wildman–Crippen LogP) is 2.57. The van der Waals surface area contributed by atoms with Crippen molar-refractivity contribution in [2.45, 2.75) is 25.5 Å². The van der Waals surface area contributed by atoms with E-state index in [1.807, 2.05) is 24.3 Å². The first-order valence-electron chi connectivity index (χ1n) is 8.40. The highest BCUT2D eigenvalue weighted by Crippen LogP contribution is 2.20. The van der Waals surface area contributed by atoms with E-state index < -0.39 is 0 Å². The first-order valence-corrected chi connectivity index (χ1v) is 8.40. The van der Waals surface area contributed by atoms with Crippen LogP contribution >= 0.6 is 0 Å². The molecule has 0 aliphatic carbocycles. The van der Waals surface area contributed by atoms with Crippen LogP contribution in [-0.2, 0) is 6.54 Å². The molecule has 0 N–H and O–H groups in total. The van der Waals surface area contributed by atoms with E-state index in [0.29, 0.717) is 6.01 Å². The van der Waals surface area contributed by atoms with Gasteiger partial charge in [0.25, 0.3) is 0 Å². The van der Waals surface area contributed by atoms with Gasteiger partial charge < -0.3 is 9.26 Å². The fraction of sp³-hybridized carbons (Fsp3) is 0.333. The Labute approximate surface area is 145 Å². The van der Waals surface area contributed by atoms with Crippen molar-refractivity contribution in [2.24, 2.45) is 0 Å². The molecule has 7 nitrogen and oxygen atoms in total. The van der Waals surface area contributed by atoms with Crippen molar-refractivity contribution in [1.82, 2.24) is 25.0 Å². The fourth-order valence-corrected chi connectivity index (χ4v) is 2.92. The molecule has 0 atom stereocenters. The standard InChI is InChI=1S/C18H19N5O2/c1-2-7-19-16(4-1)17-12-15(25-22-17)13-23-10-5-14(6-11-23)24-18-20-8-3-9-21-18/h1-4,7-9,12,14H,5-6,10-11,13H2. The Balaban J connectivity index is 1.30. The Hall–Kier alpha value is -2.80. The SMILES string of the molecule is c1ccc(-c2cc(CN3CCC(Oc4ncccn4)CC3)on2)nc1. The Morgan fingerprint density at radius 1 is 1.00 bits per heavy atom. The average molecular weight is 337 g/mol. The number of hydrogen-bond acceptors (Lipinski definition) is 7. The maximum Gasteiger partial charge on any atom is 0.316 e. The van der Waals surface area contributed by atoms with Gasteiger partial charge in [-0.25, -0.2) is 9.97 Å². The van der Waals surface area contributed by atoms with Gasteiger partial charge in [0, 0.05) is 37.7 Å². The second kappa shape index (κ2) is 7.40. The Morgan fingerprint density at radius 3 is 2.56 bits per heavy atom. The van der Waals surface area contributed by atoms with Crippen LogP contribution in [0.3, 0.4) is 0 Å². The Morgan fingerprint density at radius 2 is 1.80 bits per heavy atom. The van der Waals surface area contributed by atoms with Crippen LogP contribution < -0.4 is 4.74 Å². The Kier molecular flexibility index (Phi) is 4.65. The number of rotatable bonds is 5. The molecule has 0 aromatic carbocycles. The molecule has 1 aliphatic heterocycles. The van der Waals surface area contributed by atoms with Crippen molar-refractivity contribution in [1.29, 1.82) is 0 Å². The van der Waals surface area contributed by atoms with Crippen LogP contribution in [0.4, 0.5) is 0 Å². The lowest BCUT2D eigenvalue weighted by Gasteiger charge is -2.30. The number of likely N-dealkylation sites (tertiary alicyclic amines) is 1. The van der Waals surface area contributed by atoms with Crippen molar-refractivity contribution in [3.63, 3.8) is 0 Å². The molecule has 4 heterocycles. The summed E-state index contributed by atoms with van der Waals surface area (Å²) in [5.41, 5.74) is 1.60. The molecule has 7 heteroatoms. The molecular formula is C18H19N5O2. The van der Waals surface area contributed by atoms with Gasteiger partial charge >= 0.3 is 6.01 Å². The van der Waals surface area contributed by atoms with Crippen molar-refractivity contribution in [2.75, 3.05) is 13.1 Å². The molecule has 3 aromatic heterocycles. The van der Waals surface area contributed by atoms with Crippen LogP contribution in [0.5, 0.6) is 6.01 Å². The largest absolute Gasteiger partial charge is 0.460 e. The zero-order chi connectivity index (χ0) is 16.9. The first kappa shape index (κ1) is 15.7. The normalized spacial score (nSPS) is 16.0. The molecule has 4 rings (SSSR count). The molecule has 0 bridgehead atoms. The van der Waals surface area contributed by atoms with Gasteiger partial charge in [-0.2, -0.15) is 0 Å². The molecule has 0 saturated carbocycles. The van der Waals surface area contributed by atoms with E-state index in [0.717, 1.165) is 49.6 Å². The van der Waals surface area contributed by atoms with E-state index in [1.54, 1.807) is 24.7 Å². The minimum atomic E-state index is 0.164. The number of pyridine rings is 1. The highest BCUT2D eigenvalue weighted by molar-refractivity contribution is 5.52. The lowest BCUT2D eigenvalue weighted by atomic mass is 10.1. The summed E-state index contributed by atoms with van der Waals surface area (Å²) in [4.78, 5) is 14.9. The van der Waals surface area contributed by atoms with Crippen molar-refractivity contribution >= 4 is 0 Å². The van der Waals surface area contributed by atoms with Crippen LogP contribution in [0.15, 0.2) is 53.4 Å².